The fraction of sp³-hybridized carbons (Fsp3) is 0.238. The molecule has 1 heterocycles. The van der Waals surface area contributed by atoms with Crippen LogP contribution in [0.4, 0.5) is 11.8 Å². The number of rotatable bonds is 8. The average molecular weight is 364 g/mol. The number of hydrogen-bond donors (Lipinski definition) is 2. The normalized spacial score (nSPS) is 10.3. The first kappa shape index (κ1) is 18.5. The highest BCUT2D eigenvalue weighted by Gasteiger charge is 2.05. The highest BCUT2D eigenvalue weighted by molar-refractivity contribution is 5.44. The molecule has 2 aromatic carbocycles. The number of ether oxygens (including phenoxy) is 2. The first-order valence-electron chi connectivity index (χ1n) is 8.76. The molecule has 3 aromatic rings. The van der Waals surface area contributed by atoms with Crippen LogP contribution in [-0.2, 0) is 13.1 Å². The summed E-state index contributed by atoms with van der Waals surface area (Å²) in [6.45, 7) is 3.21. The van der Waals surface area contributed by atoms with Gasteiger partial charge in [-0.05, 0) is 30.7 Å². The minimum atomic E-state index is 0.591. The minimum absolute atomic E-state index is 0.591. The maximum Gasteiger partial charge on any atom is 0.225 e. The van der Waals surface area contributed by atoms with Gasteiger partial charge in [-0.2, -0.15) is 4.98 Å². The zero-order valence-corrected chi connectivity index (χ0v) is 15.8. The molecule has 140 valence electrons. The number of hydrogen-bond acceptors (Lipinski definition) is 6. The van der Waals surface area contributed by atoms with Crippen molar-refractivity contribution in [2.75, 3.05) is 24.9 Å². The summed E-state index contributed by atoms with van der Waals surface area (Å²) in [7, 11) is 3.34. The molecule has 2 N–H and O–H groups in total. The molecule has 0 unspecified atom stereocenters. The number of nitrogens with zero attached hydrogens (tertiary/aromatic N) is 2. The van der Waals surface area contributed by atoms with E-state index in [1.165, 1.54) is 0 Å². The standard InChI is InChI=1S/C21H24N4O2/c1-15-12-20(22-14-17-6-4-5-7-19(17)27-3)25-21(24-15)23-13-16-8-10-18(26-2)11-9-16/h4-12H,13-14H2,1-3H3,(H2,22,23,24,25). The van der Waals surface area contributed by atoms with Crippen LogP contribution in [0.5, 0.6) is 11.5 Å². The summed E-state index contributed by atoms with van der Waals surface area (Å²) in [5, 5.41) is 6.62. The first-order chi connectivity index (χ1) is 13.2. The molecular weight excluding hydrogens is 340 g/mol. The van der Waals surface area contributed by atoms with E-state index in [1.807, 2.05) is 61.5 Å². The topological polar surface area (TPSA) is 68.3 Å². The second kappa shape index (κ2) is 8.89. The third kappa shape index (κ3) is 5.10. The molecule has 0 aliphatic rings. The molecule has 0 atom stereocenters. The van der Waals surface area contributed by atoms with Crippen molar-refractivity contribution < 1.29 is 9.47 Å². The Balaban J connectivity index is 1.64. The molecule has 0 aliphatic carbocycles. The van der Waals surface area contributed by atoms with Crippen molar-refractivity contribution in [3.05, 3.63) is 71.4 Å². The van der Waals surface area contributed by atoms with Gasteiger partial charge in [0.05, 0.1) is 14.2 Å². The van der Waals surface area contributed by atoms with Gasteiger partial charge in [-0.1, -0.05) is 30.3 Å². The van der Waals surface area contributed by atoms with E-state index in [-0.39, 0.29) is 0 Å². The molecule has 0 bridgehead atoms. The van der Waals surface area contributed by atoms with Gasteiger partial charge in [-0.25, -0.2) is 4.98 Å². The fourth-order valence-electron chi connectivity index (χ4n) is 2.70. The Morgan fingerprint density at radius 1 is 0.852 bits per heavy atom. The highest BCUT2D eigenvalue weighted by atomic mass is 16.5. The van der Waals surface area contributed by atoms with E-state index in [1.54, 1.807) is 14.2 Å². The fourth-order valence-corrected chi connectivity index (χ4v) is 2.70. The van der Waals surface area contributed by atoms with E-state index in [0.717, 1.165) is 34.1 Å². The second-order valence-corrected chi connectivity index (χ2v) is 6.09. The van der Waals surface area contributed by atoms with Crippen LogP contribution < -0.4 is 20.1 Å². The summed E-state index contributed by atoms with van der Waals surface area (Å²) in [5.41, 5.74) is 3.10. The van der Waals surface area contributed by atoms with Crippen molar-refractivity contribution in [2.45, 2.75) is 20.0 Å². The van der Waals surface area contributed by atoms with Gasteiger partial charge in [0.25, 0.3) is 0 Å². The summed E-state index contributed by atoms with van der Waals surface area (Å²) in [5.74, 6) is 3.06. The lowest BCUT2D eigenvalue weighted by molar-refractivity contribution is 0.410. The monoisotopic (exact) mass is 364 g/mol. The second-order valence-electron chi connectivity index (χ2n) is 6.09. The Labute approximate surface area is 159 Å². The molecule has 6 nitrogen and oxygen atoms in total. The predicted octanol–water partition coefficient (Wildman–Crippen LogP) is 4.03. The molecule has 0 saturated heterocycles. The quantitative estimate of drug-likeness (QED) is 0.629. The van der Waals surface area contributed by atoms with Crippen molar-refractivity contribution in [1.29, 1.82) is 0 Å². The first-order valence-corrected chi connectivity index (χ1v) is 8.76. The van der Waals surface area contributed by atoms with Crippen molar-refractivity contribution in [2.24, 2.45) is 0 Å². The van der Waals surface area contributed by atoms with Crippen LogP contribution in [0, 0.1) is 6.92 Å². The molecule has 27 heavy (non-hydrogen) atoms. The minimum Gasteiger partial charge on any atom is -0.497 e. The Kier molecular flexibility index (Phi) is 6.10. The number of methoxy groups -OCH3 is 2. The SMILES string of the molecule is COc1ccc(CNc2nc(C)cc(NCc3ccccc3OC)n2)cc1. The van der Waals surface area contributed by atoms with Crippen LogP contribution >= 0.6 is 0 Å². The third-order valence-corrected chi connectivity index (χ3v) is 4.12. The number of nitrogens with one attached hydrogen (secondary N) is 2. The van der Waals surface area contributed by atoms with Crippen molar-refractivity contribution in [1.82, 2.24) is 9.97 Å². The summed E-state index contributed by atoms with van der Waals surface area (Å²) in [6.07, 6.45) is 0. The van der Waals surface area contributed by atoms with Crippen LogP contribution in [0.1, 0.15) is 16.8 Å². The summed E-state index contributed by atoms with van der Waals surface area (Å²) in [6, 6.07) is 17.8. The van der Waals surface area contributed by atoms with Gasteiger partial charge in [-0.3, -0.25) is 0 Å². The molecule has 0 aliphatic heterocycles. The lowest BCUT2D eigenvalue weighted by Gasteiger charge is -2.12. The smallest absolute Gasteiger partial charge is 0.225 e. The maximum atomic E-state index is 5.39. The molecule has 0 amide bonds. The van der Waals surface area contributed by atoms with Crippen molar-refractivity contribution in [3.63, 3.8) is 0 Å². The molecule has 0 fully saturated rings. The number of aromatic nitrogens is 2. The van der Waals surface area contributed by atoms with Gasteiger partial charge >= 0.3 is 0 Å². The van der Waals surface area contributed by atoms with Crippen LogP contribution in [-0.4, -0.2) is 24.2 Å². The molecule has 3 rings (SSSR count). The molecule has 1 aromatic heterocycles. The van der Waals surface area contributed by atoms with Crippen LogP contribution in [0.15, 0.2) is 54.6 Å². The number of para-hydroxylation sites is 1. The summed E-state index contributed by atoms with van der Waals surface area (Å²) < 4.78 is 10.6. The van der Waals surface area contributed by atoms with Crippen LogP contribution in [0.25, 0.3) is 0 Å². The molecule has 0 saturated carbocycles. The van der Waals surface area contributed by atoms with E-state index in [0.29, 0.717) is 19.0 Å². The van der Waals surface area contributed by atoms with E-state index < -0.39 is 0 Å². The van der Waals surface area contributed by atoms with E-state index >= 15 is 0 Å². The van der Waals surface area contributed by atoms with Gasteiger partial charge in [0.2, 0.25) is 5.95 Å². The number of anilines is 2. The maximum absolute atomic E-state index is 5.39. The number of benzene rings is 2. The predicted molar refractivity (Wildman–Crippen MR) is 107 cm³/mol. The Morgan fingerprint density at radius 2 is 1.63 bits per heavy atom. The lowest BCUT2D eigenvalue weighted by atomic mass is 10.2. The van der Waals surface area contributed by atoms with E-state index in [4.69, 9.17) is 9.47 Å². The van der Waals surface area contributed by atoms with E-state index in [2.05, 4.69) is 20.6 Å². The van der Waals surface area contributed by atoms with Crippen molar-refractivity contribution in [3.8, 4) is 11.5 Å². The summed E-state index contributed by atoms with van der Waals surface area (Å²) in [4.78, 5) is 9.01. The van der Waals surface area contributed by atoms with Crippen LogP contribution in [0.2, 0.25) is 0 Å². The molecular formula is C21H24N4O2. The Morgan fingerprint density at radius 3 is 2.37 bits per heavy atom. The van der Waals surface area contributed by atoms with Gasteiger partial charge in [0, 0.05) is 30.4 Å². The van der Waals surface area contributed by atoms with E-state index in [9.17, 15) is 0 Å². The van der Waals surface area contributed by atoms with Crippen molar-refractivity contribution >= 4 is 11.8 Å². The van der Waals surface area contributed by atoms with Gasteiger partial charge in [0.1, 0.15) is 17.3 Å². The highest BCUT2D eigenvalue weighted by Crippen LogP contribution is 2.19. The lowest BCUT2D eigenvalue weighted by Crippen LogP contribution is -2.08. The Hall–Kier alpha value is -3.28. The van der Waals surface area contributed by atoms with Gasteiger partial charge in [-0.15, -0.1) is 0 Å². The zero-order valence-electron chi connectivity index (χ0n) is 15.8. The molecule has 6 heteroatoms. The molecule has 0 radical (unpaired) electrons. The van der Waals surface area contributed by atoms with Crippen LogP contribution in [0.3, 0.4) is 0 Å². The summed E-state index contributed by atoms with van der Waals surface area (Å²) >= 11 is 0. The van der Waals surface area contributed by atoms with Gasteiger partial charge in [0.15, 0.2) is 0 Å². The van der Waals surface area contributed by atoms with Gasteiger partial charge < -0.3 is 20.1 Å². The molecule has 0 spiro atoms. The average Bonchev–Trinajstić information content (AvgIpc) is 2.71. The Bertz CT molecular complexity index is 882. The number of aryl methyl sites for hydroxylation is 1. The zero-order chi connectivity index (χ0) is 19.1. The largest absolute Gasteiger partial charge is 0.497 e. The third-order valence-electron chi connectivity index (χ3n) is 4.12.